The van der Waals surface area contributed by atoms with Gasteiger partial charge in [0.05, 0.1) is 34.5 Å². The number of esters is 1. The summed E-state index contributed by atoms with van der Waals surface area (Å²) in [6.07, 6.45) is 0. The molecule has 0 aliphatic heterocycles. The minimum absolute atomic E-state index is 0.286. The van der Waals surface area contributed by atoms with Gasteiger partial charge in [-0.2, -0.15) is 5.10 Å². The highest BCUT2D eigenvalue weighted by atomic mass is 16.5. The van der Waals surface area contributed by atoms with Crippen LogP contribution >= 0.6 is 0 Å². The Balaban J connectivity index is 1.73. The van der Waals surface area contributed by atoms with E-state index < -0.39 is 5.97 Å². The number of hydrogen-bond acceptors (Lipinski definition) is 5. The highest BCUT2D eigenvalue weighted by Gasteiger charge is 2.20. The average Bonchev–Trinajstić information content (AvgIpc) is 3.10. The molecule has 2 heterocycles. The van der Waals surface area contributed by atoms with Crippen molar-refractivity contribution < 1.29 is 14.3 Å². The molecule has 1 amide bonds. The van der Waals surface area contributed by atoms with E-state index in [1.807, 2.05) is 45.0 Å². The van der Waals surface area contributed by atoms with Crippen LogP contribution in [0, 0.1) is 20.8 Å². The first kappa shape index (κ1) is 21.2. The van der Waals surface area contributed by atoms with Gasteiger partial charge in [-0.1, -0.05) is 23.8 Å². The number of aromatic nitrogens is 3. The van der Waals surface area contributed by atoms with Crippen LogP contribution in [0.4, 0.5) is 5.69 Å². The molecule has 4 rings (SSSR count). The Morgan fingerprint density at radius 2 is 1.78 bits per heavy atom. The molecule has 0 atom stereocenters. The Hall–Kier alpha value is -4.00. The number of rotatable bonds is 5. The number of anilines is 1. The topological polar surface area (TPSA) is 86.1 Å². The second kappa shape index (κ2) is 8.63. The fourth-order valence-electron chi connectivity index (χ4n) is 3.60. The number of hydrogen-bond donors (Lipinski definition) is 1. The Kier molecular flexibility index (Phi) is 5.73. The van der Waals surface area contributed by atoms with Crippen molar-refractivity contribution in [3.05, 3.63) is 82.7 Å². The van der Waals surface area contributed by atoms with Gasteiger partial charge in [0.2, 0.25) is 0 Å². The van der Waals surface area contributed by atoms with E-state index in [1.54, 1.807) is 41.9 Å². The molecule has 0 aliphatic rings. The third-order valence-electron chi connectivity index (χ3n) is 5.10. The number of fused-ring (bicyclic) bond motifs is 1. The van der Waals surface area contributed by atoms with Gasteiger partial charge in [0.15, 0.2) is 5.65 Å². The number of nitrogens with one attached hydrogen (secondary N) is 1. The van der Waals surface area contributed by atoms with E-state index in [9.17, 15) is 9.59 Å². The maximum absolute atomic E-state index is 13.2. The lowest BCUT2D eigenvalue weighted by Crippen LogP contribution is -2.14. The second-order valence-corrected chi connectivity index (χ2v) is 7.60. The van der Waals surface area contributed by atoms with E-state index in [1.165, 1.54) is 0 Å². The van der Waals surface area contributed by atoms with Gasteiger partial charge < -0.3 is 10.1 Å². The first-order valence-electron chi connectivity index (χ1n) is 10.4. The summed E-state index contributed by atoms with van der Waals surface area (Å²) in [6.45, 7) is 7.77. The standard InChI is InChI=1S/C25H24N4O3/c1-5-32-25(31)18-7-6-8-19(14-18)27-24(30)21-13-16(3)26-23-22(21)17(4)28-29(23)20-11-9-15(2)10-12-20/h6-14H,5H2,1-4H3,(H,27,30). The van der Waals surface area contributed by atoms with Gasteiger partial charge in [-0.3, -0.25) is 4.79 Å². The van der Waals surface area contributed by atoms with Crippen molar-refractivity contribution in [2.75, 3.05) is 11.9 Å². The third-order valence-corrected chi connectivity index (χ3v) is 5.10. The molecule has 162 valence electrons. The van der Waals surface area contributed by atoms with Crippen LogP contribution in [0.2, 0.25) is 0 Å². The second-order valence-electron chi connectivity index (χ2n) is 7.60. The van der Waals surface area contributed by atoms with Crippen LogP contribution in [0.3, 0.4) is 0 Å². The largest absolute Gasteiger partial charge is 0.462 e. The van der Waals surface area contributed by atoms with E-state index in [0.717, 1.165) is 11.3 Å². The predicted octanol–water partition coefficient (Wildman–Crippen LogP) is 4.77. The smallest absolute Gasteiger partial charge is 0.338 e. The van der Waals surface area contributed by atoms with Gasteiger partial charge in [0.25, 0.3) is 5.91 Å². The van der Waals surface area contributed by atoms with Crippen molar-refractivity contribution in [1.29, 1.82) is 0 Å². The van der Waals surface area contributed by atoms with E-state index in [2.05, 4.69) is 15.4 Å². The number of benzene rings is 2. The minimum atomic E-state index is -0.430. The lowest BCUT2D eigenvalue weighted by Gasteiger charge is -2.10. The first-order valence-corrected chi connectivity index (χ1v) is 10.4. The van der Waals surface area contributed by atoms with Crippen molar-refractivity contribution in [2.45, 2.75) is 27.7 Å². The molecule has 0 saturated heterocycles. The average molecular weight is 428 g/mol. The van der Waals surface area contributed by atoms with Crippen LogP contribution in [0.25, 0.3) is 16.7 Å². The first-order chi connectivity index (χ1) is 15.4. The summed E-state index contributed by atoms with van der Waals surface area (Å²) in [6, 6.07) is 16.4. The molecule has 0 fully saturated rings. The maximum atomic E-state index is 13.2. The summed E-state index contributed by atoms with van der Waals surface area (Å²) in [5, 5.41) is 8.23. The predicted molar refractivity (Wildman–Crippen MR) is 123 cm³/mol. The number of pyridine rings is 1. The SMILES string of the molecule is CCOC(=O)c1cccc(NC(=O)c2cc(C)nc3c2c(C)nn3-c2ccc(C)cc2)c1. The molecule has 4 aromatic rings. The molecule has 7 nitrogen and oxygen atoms in total. The fraction of sp³-hybridized carbons (Fsp3) is 0.200. The summed E-state index contributed by atoms with van der Waals surface area (Å²) in [5.74, 6) is -0.728. The molecular weight excluding hydrogens is 404 g/mol. The van der Waals surface area contributed by atoms with E-state index in [-0.39, 0.29) is 12.5 Å². The molecule has 7 heteroatoms. The molecule has 1 N–H and O–H groups in total. The Morgan fingerprint density at radius 1 is 1.03 bits per heavy atom. The van der Waals surface area contributed by atoms with Gasteiger partial charge in [-0.25, -0.2) is 14.5 Å². The fourth-order valence-corrected chi connectivity index (χ4v) is 3.60. The molecule has 32 heavy (non-hydrogen) atoms. The molecule has 0 aliphatic carbocycles. The molecular formula is C25H24N4O3. The number of carbonyl (C=O) groups excluding carboxylic acids is 2. The number of carbonyl (C=O) groups is 2. The van der Waals surface area contributed by atoms with Crippen molar-refractivity contribution in [3.63, 3.8) is 0 Å². The normalized spacial score (nSPS) is 10.9. The minimum Gasteiger partial charge on any atom is -0.462 e. The molecule has 0 bridgehead atoms. The zero-order chi connectivity index (χ0) is 22.8. The van der Waals surface area contributed by atoms with Crippen molar-refractivity contribution >= 4 is 28.6 Å². The zero-order valence-corrected chi connectivity index (χ0v) is 18.5. The van der Waals surface area contributed by atoms with Gasteiger partial charge >= 0.3 is 5.97 Å². The molecule has 0 unspecified atom stereocenters. The maximum Gasteiger partial charge on any atom is 0.338 e. The Labute approximate surface area is 186 Å². The summed E-state index contributed by atoms with van der Waals surface area (Å²) >= 11 is 0. The number of amides is 1. The van der Waals surface area contributed by atoms with E-state index >= 15 is 0 Å². The highest BCUT2D eigenvalue weighted by Crippen LogP contribution is 2.26. The quantitative estimate of drug-likeness (QED) is 0.463. The Bertz CT molecular complexity index is 1320. The van der Waals surface area contributed by atoms with Crippen molar-refractivity contribution in [3.8, 4) is 5.69 Å². The molecule has 0 radical (unpaired) electrons. The molecule has 0 saturated carbocycles. The zero-order valence-electron chi connectivity index (χ0n) is 18.5. The third kappa shape index (κ3) is 4.09. The van der Waals surface area contributed by atoms with Crippen LogP contribution in [-0.4, -0.2) is 33.2 Å². The summed E-state index contributed by atoms with van der Waals surface area (Å²) in [4.78, 5) is 29.9. The molecule has 2 aromatic carbocycles. The van der Waals surface area contributed by atoms with Crippen LogP contribution < -0.4 is 5.32 Å². The number of nitrogens with zero attached hydrogens (tertiary/aromatic N) is 3. The van der Waals surface area contributed by atoms with Crippen LogP contribution in [0.15, 0.2) is 54.6 Å². The number of ether oxygens (including phenoxy) is 1. The van der Waals surface area contributed by atoms with Gasteiger partial charge in [0, 0.05) is 11.4 Å². The van der Waals surface area contributed by atoms with E-state index in [0.29, 0.717) is 39.2 Å². The van der Waals surface area contributed by atoms with Crippen LogP contribution in [0.1, 0.15) is 44.6 Å². The van der Waals surface area contributed by atoms with Crippen molar-refractivity contribution in [2.24, 2.45) is 0 Å². The molecule has 0 spiro atoms. The monoisotopic (exact) mass is 428 g/mol. The Morgan fingerprint density at radius 3 is 2.50 bits per heavy atom. The number of aryl methyl sites for hydroxylation is 3. The lowest BCUT2D eigenvalue weighted by molar-refractivity contribution is 0.0526. The highest BCUT2D eigenvalue weighted by molar-refractivity contribution is 6.13. The van der Waals surface area contributed by atoms with Crippen LogP contribution in [0.5, 0.6) is 0 Å². The van der Waals surface area contributed by atoms with Gasteiger partial charge in [-0.05, 0) is 64.1 Å². The lowest BCUT2D eigenvalue weighted by atomic mass is 10.1. The summed E-state index contributed by atoms with van der Waals surface area (Å²) in [7, 11) is 0. The van der Waals surface area contributed by atoms with E-state index in [4.69, 9.17) is 4.74 Å². The van der Waals surface area contributed by atoms with Gasteiger partial charge in [0.1, 0.15) is 0 Å². The van der Waals surface area contributed by atoms with Crippen LogP contribution in [-0.2, 0) is 4.74 Å². The summed E-state index contributed by atoms with van der Waals surface area (Å²) in [5.41, 5.74) is 5.42. The van der Waals surface area contributed by atoms with Gasteiger partial charge in [-0.15, -0.1) is 0 Å². The summed E-state index contributed by atoms with van der Waals surface area (Å²) < 4.78 is 6.80. The van der Waals surface area contributed by atoms with Crippen molar-refractivity contribution in [1.82, 2.24) is 14.8 Å². The molecule has 2 aromatic heterocycles.